The van der Waals surface area contributed by atoms with Gasteiger partial charge in [0.25, 0.3) is 11.3 Å². The zero-order chi connectivity index (χ0) is 12.8. The van der Waals surface area contributed by atoms with Crippen molar-refractivity contribution in [1.29, 1.82) is 0 Å². The lowest BCUT2D eigenvalue weighted by molar-refractivity contribution is -0.141. The fourth-order valence-electron chi connectivity index (χ4n) is 1.22. The van der Waals surface area contributed by atoms with Crippen molar-refractivity contribution in [3.63, 3.8) is 0 Å². The molecule has 0 aromatic heterocycles. The van der Waals surface area contributed by atoms with E-state index in [-0.39, 0.29) is 5.97 Å². The summed E-state index contributed by atoms with van der Waals surface area (Å²) in [5.41, 5.74) is 1.24. The maximum atomic E-state index is 11.2. The first kappa shape index (κ1) is 13.5. The largest absolute Gasteiger partial charge is 0.467 e. The first-order valence-electron chi connectivity index (χ1n) is 4.85. The number of anilines is 2. The van der Waals surface area contributed by atoms with Crippen LogP contribution in [0.25, 0.3) is 0 Å². The third kappa shape index (κ3) is 4.41. The molecule has 0 fully saturated rings. The molecule has 0 aliphatic rings. The van der Waals surface area contributed by atoms with Crippen LogP contribution < -0.4 is 10.0 Å². The van der Waals surface area contributed by atoms with Crippen molar-refractivity contribution in [3.8, 4) is 0 Å². The van der Waals surface area contributed by atoms with Crippen molar-refractivity contribution in [2.45, 2.75) is 13.0 Å². The zero-order valence-electron chi connectivity index (χ0n) is 9.47. The Morgan fingerprint density at radius 3 is 2.35 bits per heavy atom. The maximum absolute atomic E-state index is 11.2. The van der Waals surface area contributed by atoms with Crippen LogP contribution in [0.2, 0.25) is 0 Å². The number of benzene rings is 1. The van der Waals surface area contributed by atoms with E-state index in [9.17, 15) is 9.00 Å². The second-order valence-corrected chi connectivity index (χ2v) is 4.02. The van der Waals surface area contributed by atoms with Gasteiger partial charge in [-0.3, -0.25) is 9.27 Å². The van der Waals surface area contributed by atoms with Gasteiger partial charge in [0.15, 0.2) is 0 Å². The highest BCUT2D eigenvalue weighted by molar-refractivity contribution is 7.80. The minimum atomic E-state index is -2.09. The number of methoxy groups -OCH3 is 1. The molecule has 7 heteroatoms. The Kier molecular flexibility index (Phi) is 4.92. The first-order valence-corrected chi connectivity index (χ1v) is 5.95. The van der Waals surface area contributed by atoms with Gasteiger partial charge in [-0.05, 0) is 31.2 Å². The van der Waals surface area contributed by atoms with Crippen molar-refractivity contribution in [1.82, 2.24) is 0 Å². The number of hydrogen-bond donors (Lipinski definition) is 3. The van der Waals surface area contributed by atoms with Crippen molar-refractivity contribution in [2.75, 3.05) is 17.1 Å². The summed E-state index contributed by atoms with van der Waals surface area (Å²) >= 11 is -2.09. The van der Waals surface area contributed by atoms with E-state index < -0.39 is 17.3 Å². The van der Waals surface area contributed by atoms with Gasteiger partial charge in [0.2, 0.25) is 0 Å². The van der Waals surface area contributed by atoms with Gasteiger partial charge in [0.05, 0.1) is 7.11 Å². The standard InChI is InChI=1S/C10H14N2O4S/c1-7(10(13)16-2)11-8-3-5-9(6-4-8)12-17(14)15/h3-7,11-12H,1-2H3,(H,14,15). The number of hydrogen-bond acceptors (Lipinski definition) is 4. The smallest absolute Gasteiger partial charge is 0.327 e. The number of carbonyl (C=O) groups is 1. The Hall–Kier alpha value is -1.60. The van der Waals surface area contributed by atoms with Crippen LogP contribution in [-0.2, 0) is 20.8 Å². The monoisotopic (exact) mass is 258 g/mol. The second kappa shape index (κ2) is 6.21. The molecule has 2 unspecified atom stereocenters. The molecule has 1 aromatic carbocycles. The van der Waals surface area contributed by atoms with Crippen molar-refractivity contribution < 1.29 is 18.3 Å². The predicted molar refractivity (Wildman–Crippen MR) is 65.9 cm³/mol. The molecule has 0 saturated carbocycles. The molecule has 94 valence electrons. The van der Waals surface area contributed by atoms with E-state index in [4.69, 9.17) is 4.55 Å². The van der Waals surface area contributed by atoms with Crippen LogP contribution in [0.4, 0.5) is 11.4 Å². The Balaban J connectivity index is 2.62. The lowest BCUT2D eigenvalue weighted by Gasteiger charge is -2.13. The summed E-state index contributed by atoms with van der Waals surface area (Å²) in [5, 5.41) is 2.93. The van der Waals surface area contributed by atoms with Crippen molar-refractivity contribution in [3.05, 3.63) is 24.3 Å². The van der Waals surface area contributed by atoms with Crippen LogP contribution >= 0.6 is 0 Å². The number of nitrogens with one attached hydrogen (secondary N) is 2. The van der Waals surface area contributed by atoms with Crippen LogP contribution in [0.5, 0.6) is 0 Å². The molecule has 0 spiro atoms. The van der Waals surface area contributed by atoms with Crippen LogP contribution in [0.15, 0.2) is 24.3 Å². The summed E-state index contributed by atoms with van der Waals surface area (Å²) < 4.78 is 26.0. The summed E-state index contributed by atoms with van der Waals surface area (Å²) in [6.07, 6.45) is 0. The lowest BCUT2D eigenvalue weighted by Crippen LogP contribution is -2.27. The molecule has 0 aliphatic carbocycles. The SMILES string of the molecule is COC(=O)C(C)Nc1ccc(NS(=O)O)cc1. The minimum Gasteiger partial charge on any atom is -0.467 e. The molecule has 17 heavy (non-hydrogen) atoms. The number of rotatable bonds is 5. The molecule has 2 atom stereocenters. The van der Waals surface area contributed by atoms with E-state index in [2.05, 4.69) is 14.8 Å². The molecular formula is C10H14N2O4S. The summed E-state index contributed by atoms with van der Waals surface area (Å²) in [5.74, 6) is -0.358. The van der Waals surface area contributed by atoms with E-state index in [1.165, 1.54) is 7.11 Å². The summed E-state index contributed by atoms with van der Waals surface area (Å²) in [6.45, 7) is 1.68. The molecule has 1 rings (SSSR count). The van der Waals surface area contributed by atoms with E-state index in [0.29, 0.717) is 5.69 Å². The number of esters is 1. The highest BCUT2D eigenvalue weighted by Crippen LogP contribution is 2.14. The van der Waals surface area contributed by atoms with Crippen LogP contribution in [0.3, 0.4) is 0 Å². The van der Waals surface area contributed by atoms with Gasteiger partial charge in [0, 0.05) is 11.4 Å². The Morgan fingerprint density at radius 1 is 1.35 bits per heavy atom. The van der Waals surface area contributed by atoms with Gasteiger partial charge in [0.1, 0.15) is 6.04 Å². The molecule has 0 radical (unpaired) electrons. The van der Waals surface area contributed by atoms with Crippen LogP contribution in [0.1, 0.15) is 6.92 Å². The minimum absolute atomic E-state index is 0.358. The Labute approximate surface area is 102 Å². The van der Waals surface area contributed by atoms with E-state index >= 15 is 0 Å². The van der Waals surface area contributed by atoms with Crippen molar-refractivity contribution >= 4 is 28.6 Å². The van der Waals surface area contributed by atoms with Crippen LogP contribution in [0, 0.1) is 0 Å². The average molecular weight is 258 g/mol. The highest BCUT2D eigenvalue weighted by atomic mass is 32.2. The molecule has 6 nitrogen and oxygen atoms in total. The highest BCUT2D eigenvalue weighted by Gasteiger charge is 2.11. The van der Waals surface area contributed by atoms with Crippen molar-refractivity contribution in [2.24, 2.45) is 0 Å². The number of ether oxygens (including phenoxy) is 1. The Morgan fingerprint density at radius 2 is 1.88 bits per heavy atom. The Bertz CT molecular complexity index is 407. The predicted octanol–water partition coefficient (Wildman–Crippen LogP) is 1.21. The summed E-state index contributed by atoms with van der Waals surface area (Å²) in [4.78, 5) is 11.2. The van der Waals surface area contributed by atoms with E-state index in [0.717, 1.165) is 5.69 Å². The topological polar surface area (TPSA) is 87.7 Å². The quantitative estimate of drug-likeness (QED) is 0.546. The molecule has 0 amide bonds. The average Bonchev–Trinajstić information content (AvgIpc) is 2.30. The van der Waals surface area contributed by atoms with Gasteiger partial charge in [-0.25, -0.2) is 9.00 Å². The zero-order valence-corrected chi connectivity index (χ0v) is 10.3. The molecule has 0 saturated heterocycles. The normalized spacial score (nSPS) is 13.6. The molecule has 0 heterocycles. The van der Waals surface area contributed by atoms with Gasteiger partial charge in [-0.1, -0.05) is 0 Å². The van der Waals surface area contributed by atoms with E-state index in [1.807, 2.05) is 0 Å². The van der Waals surface area contributed by atoms with Gasteiger partial charge in [-0.15, -0.1) is 0 Å². The fourth-order valence-corrected chi connectivity index (χ4v) is 1.56. The second-order valence-electron chi connectivity index (χ2n) is 3.32. The van der Waals surface area contributed by atoms with Gasteiger partial charge in [-0.2, -0.15) is 0 Å². The van der Waals surface area contributed by atoms with E-state index in [1.54, 1.807) is 31.2 Å². The third-order valence-electron chi connectivity index (χ3n) is 2.03. The molecule has 0 bridgehead atoms. The number of carbonyl (C=O) groups excluding carboxylic acids is 1. The van der Waals surface area contributed by atoms with Gasteiger partial charge < -0.3 is 10.1 Å². The fraction of sp³-hybridized carbons (Fsp3) is 0.300. The van der Waals surface area contributed by atoms with Crippen LogP contribution in [-0.4, -0.2) is 27.9 Å². The molecule has 1 aromatic rings. The lowest BCUT2D eigenvalue weighted by atomic mass is 10.2. The molecule has 3 N–H and O–H groups in total. The molecular weight excluding hydrogens is 244 g/mol. The first-order chi connectivity index (χ1) is 8.02. The summed E-state index contributed by atoms with van der Waals surface area (Å²) in [7, 11) is 1.32. The molecule has 0 aliphatic heterocycles. The third-order valence-corrected chi connectivity index (χ3v) is 2.44. The summed E-state index contributed by atoms with van der Waals surface area (Å²) in [6, 6.07) is 6.18. The van der Waals surface area contributed by atoms with Gasteiger partial charge >= 0.3 is 5.97 Å². The maximum Gasteiger partial charge on any atom is 0.327 e.